The zero-order chi connectivity index (χ0) is 21.3. The van der Waals surface area contributed by atoms with Gasteiger partial charge in [-0.3, -0.25) is 4.99 Å². The predicted octanol–water partition coefficient (Wildman–Crippen LogP) is 3.71. The highest BCUT2D eigenvalue weighted by Gasteiger charge is 2.11. The minimum atomic E-state index is 0.631. The van der Waals surface area contributed by atoms with Crippen LogP contribution in [0.5, 0.6) is 11.5 Å². The van der Waals surface area contributed by atoms with Crippen molar-refractivity contribution in [2.75, 3.05) is 31.6 Å². The van der Waals surface area contributed by atoms with Gasteiger partial charge in [-0.05, 0) is 24.6 Å². The lowest BCUT2D eigenvalue weighted by Gasteiger charge is -2.14. The van der Waals surface area contributed by atoms with E-state index in [1.54, 1.807) is 0 Å². The zero-order valence-electron chi connectivity index (χ0n) is 17.9. The molecule has 0 bridgehead atoms. The van der Waals surface area contributed by atoms with Gasteiger partial charge in [-0.2, -0.15) is 0 Å². The number of hydrogen-bond donors (Lipinski definition) is 2. The van der Waals surface area contributed by atoms with Crippen LogP contribution in [-0.4, -0.2) is 41.8 Å². The molecule has 0 fully saturated rings. The molecule has 7 nitrogen and oxygen atoms in total. The molecule has 0 amide bonds. The van der Waals surface area contributed by atoms with Crippen LogP contribution >= 0.6 is 0 Å². The quantitative estimate of drug-likeness (QED) is 0.451. The van der Waals surface area contributed by atoms with Crippen LogP contribution in [0, 0.1) is 0 Å². The van der Waals surface area contributed by atoms with Gasteiger partial charge in [0, 0.05) is 56.6 Å². The first-order valence-electron chi connectivity index (χ1n) is 10.8. The molecule has 0 saturated heterocycles. The van der Waals surface area contributed by atoms with Crippen molar-refractivity contribution in [3.05, 3.63) is 72.3 Å². The number of anilines is 1. The first kappa shape index (κ1) is 20.8. The Balaban J connectivity index is 1.39. The van der Waals surface area contributed by atoms with Gasteiger partial charge in [0.15, 0.2) is 17.5 Å². The summed E-state index contributed by atoms with van der Waals surface area (Å²) in [6, 6.07) is 16.3. The Morgan fingerprint density at radius 1 is 1.10 bits per heavy atom. The summed E-state index contributed by atoms with van der Waals surface area (Å²) >= 11 is 0. The van der Waals surface area contributed by atoms with E-state index in [-0.39, 0.29) is 0 Å². The van der Waals surface area contributed by atoms with Crippen LogP contribution in [0.3, 0.4) is 0 Å². The number of fused-ring (bicyclic) bond motifs is 1. The summed E-state index contributed by atoms with van der Waals surface area (Å²) in [5.41, 5.74) is 2.17. The van der Waals surface area contributed by atoms with E-state index in [0.29, 0.717) is 19.8 Å². The summed E-state index contributed by atoms with van der Waals surface area (Å²) in [5, 5.41) is 6.66. The number of ether oxygens (including phenoxy) is 2. The number of rotatable bonds is 7. The normalized spacial score (nSPS) is 13.5. The average Bonchev–Trinajstić information content (AvgIpc) is 3.08. The van der Waals surface area contributed by atoms with E-state index in [4.69, 9.17) is 14.5 Å². The number of imidazole rings is 1. The fourth-order valence-corrected chi connectivity index (χ4v) is 3.44. The van der Waals surface area contributed by atoms with Gasteiger partial charge >= 0.3 is 0 Å². The molecule has 1 aromatic heterocycles. The van der Waals surface area contributed by atoms with E-state index < -0.39 is 0 Å². The maximum absolute atomic E-state index is 5.79. The second-order valence-electron chi connectivity index (χ2n) is 7.30. The Hall–Kier alpha value is -3.48. The van der Waals surface area contributed by atoms with Gasteiger partial charge in [0.25, 0.3) is 0 Å². The van der Waals surface area contributed by atoms with E-state index >= 15 is 0 Å². The Morgan fingerprint density at radius 3 is 2.77 bits per heavy atom. The number of aliphatic imine (C=N–C) groups is 1. The maximum Gasteiger partial charge on any atom is 0.195 e. The average molecular weight is 420 g/mol. The summed E-state index contributed by atoms with van der Waals surface area (Å²) in [5.74, 6) is 3.31. The largest absolute Gasteiger partial charge is 0.490 e. The molecule has 3 aromatic rings. The van der Waals surface area contributed by atoms with Crippen molar-refractivity contribution in [1.29, 1.82) is 0 Å². The highest BCUT2D eigenvalue weighted by molar-refractivity contribution is 5.93. The van der Waals surface area contributed by atoms with Gasteiger partial charge in [-0.1, -0.05) is 30.3 Å². The lowest BCUT2D eigenvalue weighted by atomic mass is 10.2. The van der Waals surface area contributed by atoms with Crippen molar-refractivity contribution >= 4 is 11.6 Å². The van der Waals surface area contributed by atoms with Crippen LogP contribution in [0.25, 0.3) is 0 Å². The van der Waals surface area contributed by atoms with Gasteiger partial charge in [-0.25, -0.2) is 4.98 Å². The van der Waals surface area contributed by atoms with Crippen LogP contribution < -0.4 is 20.1 Å². The number of nitrogens with zero attached hydrogens (tertiary/aromatic N) is 3. The lowest BCUT2D eigenvalue weighted by Crippen LogP contribution is -2.31. The van der Waals surface area contributed by atoms with E-state index in [9.17, 15) is 0 Å². The zero-order valence-corrected chi connectivity index (χ0v) is 17.9. The molecule has 1 aliphatic rings. The molecule has 4 rings (SSSR count). The topological polar surface area (TPSA) is 72.7 Å². The third-order valence-corrected chi connectivity index (χ3v) is 4.96. The molecule has 0 saturated carbocycles. The minimum absolute atomic E-state index is 0.631. The molecule has 2 aromatic carbocycles. The molecule has 162 valence electrons. The summed E-state index contributed by atoms with van der Waals surface area (Å²) in [7, 11) is 0. The van der Waals surface area contributed by atoms with Gasteiger partial charge in [0.05, 0.1) is 13.2 Å². The second kappa shape index (κ2) is 10.5. The third kappa shape index (κ3) is 5.78. The van der Waals surface area contributed by atoms with Crippen molar-refractivity contribution in [1.82, 2.24) is 14.9 Å². The number of nitrogens with one attached hydrogen (secondary N) is 2. The van der Waals surface area contributed by atoms with E-state index in [2.05, 4.69) is 51.4 Å². The summed E-state index contributed by atoms with van der Waals surface area (Å²) in [6.45, 7) is 5.63. The van der Waals surface area contributed by atoms with Crippen molar-refractivity contribution in [3.63, 3.8) is 0 Å². The standard InChI is InChI=1S/C24H29N5O2/c1-2-25-24(28-20-9-10-21-22(17-20)31-16-6-15-30-21)27-12-11-23-26-13-14-29(23)18-19-7-4-3-5-8-19/h3-5,7-10,13-14,17H,2,6,11-12,15-16,18H2,1H3,(H2,25,27,28). The molecule has 2 heterocycles. The molecule has 0 atom stereocenters. The Kier molecular flexibility index (Phi) is 7.05. The van der Waals surface area contributed by atoms with Crippen molar-refractivity contribution in [2.45, 2.75) is 26.3 Å². The molecule has 1 aliphatic heterocycles. The monoisotopic (exact) mass is 419 g/mol. The van der Waals surface area contributed by atoms with Crippen molar-refractivity contribution in [2.24, 2.45) is 4.99 Å². The Bertz CT molecular complexity index is 1000. The molecular weight excluding hydrogens is 390 g/mol. The molecule has 7 heteroatoms. The smallest absolute Gasteiger partial charge is 0.195 e. The molecule has 0 spiro atoms. The van der Waals surface area contributed by atoms with Crippen LogP contribution in [0.4, 0.5) is 5.69 Å². The molecule has 0 radical (unpaired) electrons. The van der Waals surface area contributed by atoms with Crippen LogP contribution in [0.2, 0.25) is 0 Å². The molecule has 0 aliphatic carbocycles. The third-order valence-electron chi connectivity index (χ3n) is 4.96. The van der Waals surface area contributed by atoms with Crippen LogP contribution in [0.1, 0.15) is 24.7 Å². The molecule has 0 unspecified atom stereocenters. The van der Waals surface area contributed by atoms with Crippen LogP contribution in [0.15, 0.2) is 65.9 Å². The van der Waals surface area contributed by atoms with Crippen LogP contribution in [-0.2, 0) is 13.0 Å². The minimum Gasteiger partial charge on any atom is -0.490 e. The summed E-state index contributed by atoms with van der Waals surface area (Å²) < 4.78 is 13.7. The molecule has 2 N–H and O–H groups in total. The first-order chi connectivity index (χ1) is 15.3. The van der Waals surface area contributed by atoms with Gasteiger partial charge < -0.3 is 24.7 Å². The Labute approximate surface area is 183 Å². The number of guanidine groups is 1. The summed E-state index contributed by atoms with van der Waals surface area (Å²) in [4.78, 5) is 9.25. The second-order valence-corrected chi connectivity index (χ2v) is 7.30. The van der Waals surface area contributed by atoms with Crippen molar-refractivity contribution < 1.29 is 9.47 Å². The summed E-state index contributed by atoms with van der Waals surface area (Å²) in [6.07, 6.45) is 5.52. The highest BCUT2D eigenvalue weighted by atomic mass is 16.5. The Morgan fingerprint density at radius 2 is 1.94 bits per heavy atom. The number of aromatic nitrogens is 2. The maximum atomic E-state index is 5.79. The first-order valence-corrected chi connectivity index (χ1v) is 10.8. The molecule has 31 heavy (non-hydrogen) atoms. The fourth-order valence-electron chi connectivity index (χ4n) is 3.44. The van der Waals surface area contributed by atoms with Gasteiger partial charge in [0.2, 0.25) is 0 Å². The SMILES string of the molecule is CCNC(=NCCc1nccn1Cc1ccccc1)Nc1ccc2c(c1)OCCCO2. The highest BCUT2D eigenvalue weighted by Crippen LogP contribution is 2.32. The lowest BCUT2D eigenvalue weighted by molar-refractivity contribution is 0.297. The molecular formula is C24H29N5O2. The number of benzene rings is 2. The fraction of sp³-hybridized carbons (Fsp3) is 0.333. The van der Waals surface area contributed by atoms with Gasteiger partial charge in [-0.15, -0.1) is 0 Å². The predicted molar refractivity (Wildman–Crippen MR) is 123 cm³/mol. The van der Waals surface area contributed by atoms with E-state index in [1.165, 1.54) is 5.56 Å². The van der Waals surface area contributed by atoms with Gasteiger partial charge in [0.1, 0.15) is 5.82 Å². The number of hydrogen-bond acceptors (Lipinski definition) is 4. The van der Waals surface area contributed by atoms with E-state index in [1.807, 2.05) is 36.7 Å². The van der Waals surface area contributed by atoms with Crippen molar-refractivity contribution in [3.8, 4) is 11.5 Å². The van der Waals surface area contributed by atoms with E-state index in [0.717, 1.165) is 54.9 Å².